The summed E-state index contributed by atoms with van der Waals surface area (Å²) in [6.45, 7) is 2.53. The van der Waals surface area contributed by atoms with Crippen molar-refractivity contribution >= 4 is 26.7 Å². The summed E-state index contributed by atoms with van der Waals surface area (Å²) in [5.41, 5.74) is 1.22. The summed E-state index contributed by atoms with van der Waals surface area (Å²) in [7, 11) is 1.69. The number of morpholine rings is 1. The molecule has 2 aromatic rings. The van der Waals surface area contributed by atoms with Crippen LogP contribution in [0.1, 0.15) is 11.7 Å². The lowest BCUT2D eigenvalue weighted by atomic mass is 9.99. The topological polar surface area (TPSA) is 30.5 Å². The number of rotatable bonds is 2. The molecule has 0 spiro atoms. The van der Waals surface area contributed by atoms with Crippen molar-refractivity contribution in [1.82, 2.24) is 5.32 Å². The van der Waals surface area contributed by atoms with E-state index in [2.05, 4.69) is 45.5 Å². The molecule has 1 saturated heterocycles. The second-order valence-corrected chi connectivity index (χ2v) is 5.47. The highest BCUT2D eigenvalue weighted by Gasteiger charge is 2.20. The average Bonchev–Trinajstić information content (AvgIpc) is 2.47. The molecule has 0 bridgehead atoms. The summed E-state index contributed by atoms with van der Waals surface area (Å²) in [4.78, 5) is 0. The molecule has 100 valence electrons. The lowest BCUT2D eigenvalue weighted by molar-refractivity contribution is 0.0282. The number of halogens is 1. The van der Waals surface area contributed by atoms with Gasteiger partial charge in [-0.1, -0.05) is 28.1 Å². The number of methoxy groups -OCH3 is 1. The van der Waals surface area contributed by atoms with Gasteiger partial charge in [-0.2, -0.15) is 0 Å². The summed E-state index contributed by atoms with van der Waals surface area (Å²) in [6.07, 6.45) is 0.0974. The van der Waals surface area contributed by atoms with Crippen LogP contribution in [0.5, 0.6) is 5.75 Å². The minimum atomic E-state index is 0.0974. The van der Waals surface area contributed by atoms with Gasteiger partial charge in [-0.15, -0.1) is 0 Å². The predicted octanol–water partition coefficient (Wildman–Crippen LogP) is 3.27. The third-order valence-corrected chi connectivity index (χ3v) is 4.16. The minimum absolute atomic E-state index is 0.0974. The van der Waals surface area contributed by atoms with E-state index in [9.17, 15) is 0 Å². The molecular weight excluding hydrogens is 306 g/mol. The second kappa shape index (κ2) is 5.49. The zero-order valence-electron chi connectivity index (χ0n) is 10.8. The van der Waals surface area contributed by atoms with E-state index in [0.717, 1.165) is 29.9 Å². The van der Waals surface area contributed by atoms with Crippen molar-refractivity contribution in [2.75, 3.05) is 26.8 Å². The van der Waals surface area contributed by atoms with E-state index in [-0.39, 0.29) is 6.10 Å². The van der Waals surface area contributed by atoms with Crippen molar-refractivity contribution in [3.8, 4) is 5.75 Å². The van der Waals surface area contributed by atoms with Crippen LogP contribution >= 0.6 is 15.9 Å². The summed E-state index contributed by atoms with van der Waals surface area (Å²) >= 11 is 3.65. The first kappa shape index (κ1) is 12.9. The van der Waals surface area contributed by atoms with Gasteiger partial charge in [0.1, 0.15) is 5.75 Å². The molecule has 1 aliphatic rings. The van der Waals surface area contributed by atoms with Gasteiger partial charge >= 0.3 is 0 Å². The molecule has 1 unspecified atom stereocenters. The van der Waals surface area contributed by atoms with Crippen molar-refractivity contribution in [2.45, 2.75) is 6.10 Å². The Hall–Kier alpha value is -1.10. The fourth-order valence-electron chi connectivity index (χ4n) is 2.51. The van der Waals surface area contributed by atoms with Gasteiger partial charge in [0, 0.05) is 23.1 Å². The first-order valence-corrected chi connectivity index (χ1v) is 7.17. The highest BCUT2D eigenvalue weighted by Crippen LogP contribution is 2.35. The van der Waals surface area contributed by atoms with Crippen LogP contribution in [0.25, 0.3) is 10.8 Å². The van der Waals surface area contributed by atoms with Crippen molar-refractivity contribution in [3.05, 3.63) is 40.4 Å². The zero-order chi connectivity index (χ0) is 13.2. The van der Waals surface area contributed by atoms with Crippen LogP contribution in [0, 0.1) is 0 Å². The van der Waals surface area contributed by atoms with Crippen LogP contribution in [0.3, 0.4) is 0 Å². The molecule has 4 heteroatoms. The maximum Gasteiger partial charge on any atom is 0.119 e. The molecule has 1 fully saturated rings. The van der Waals surface area contributed by atoms with Crippen LogP contribution in [-0.2, 0) is 4.74 Å². The highest BCUT2D eigenvalue weighted by atomic mass is 79.9. The SMILES string of the molecule is COc1ccc2c(C3CNCCO3)c(Br)ccc2c1. The molecule has 1 heterocycles. The van der Waals surface area contributed by atoms with Gasteiger partial charge in [0.2, 0.25) is 0 Å². The Balaban J connectivity index is 2.13. The van der Waals surface area contributed by atoms with E-state index >= 15 is 0 Å². The third kappa shape index (κ3) is 2.48. The van der Waals surface area contributed by atoms with Crippen molar-refractivity contribution < 1.29 is 9.47 Å². The molecule has 0 aliphatic carbocycles. The van der Waals surface area contributed by atoms with E-state index in [0.29, 0.717) is 0 Å². The summed E-state index contributed by atoms with van der Waals surface area (Å²) < 4.78 is 12.3. The Kier molecular flexibility index (Phi) is 3.73. The van der Waals surface area contributed by atoms with Crippen LogP contribution in [0.2, 0.25) is 0 Å². The quantitative estimate of drug-likeness (QED) is 0.920. The first-order chi connectivity index (χ1) is 9.29. The summed E-state index contributed by atoms with van der Waals surface area (Å²) in [5.74, 6) is 0.878. The molecule has 3 nitrogen and oxygen atoms in total. The molecule has 2 aromatic carbocycles. The molecule has 1 atom stereocenters. The second-order valence-electron chi connectivity index (χ2n) is 4.61. The molecule has 0 radical (unpaired) electrons. The van der Waals surface area contributed by atoms with Gasteiger partial charge in [-0.05, 0) is 29.0 Å². The Morgan fingerprint density at radius 2 is 2.21 bits per heavy atom. The number of nitrogens with one attached hydrogen (secondary N) is 1. The number of hydrogen-bond acceptors (Lipinski definition) is 3. The fraction of sp³-hybridized carbons (Fsp3) is 0.333. The first-order valence-electron chi connectivity index (χ1n) is 6.38. The Bertz CT molecular complexity index is 594. The Labute approximate surface area is 121 Å². The molecule has 1 N–H and O–H groups in total. The van der Waals surface area contributed by atoms with Gasteiger partial charge in [-0.3, -0.25) is 0 Å². The number of hydrogen-bond donors (Lipinski definition) is 1. The Morgan fingerprint density at radius 1 is 1.32 bits per heavy atom. The molecule has 3 rings (SSSR count). The molecular formula is C15H16BrNO2. The fourth-order valence-corrected chi connectivity index (χ4v) is 3.11. The van der Waals surface area contributed by atoms with E-state index in [1.54, 1.807) is 7.11 Å². The van der Waals surface area contributed by atoms with Crippen LogP contribution in [0.15, 0.2) is 34.8 Å². The normalized spacial score (nSPS) is 19.6. The standard InChI is InChI=1S/C15H16BrNO2/c1-18-11-3-4-12-10(8-11)2-5-13(16)15(12)14-9-17-6-7-19-14/h2-5,8,14,17H,6-7,9H2,1H3. The smallest absolute Gasteiger partial charge is 0.119 e. The predicted molar refractivity (Wildman–Crippen MR) is 79.8 cm³/mol. The van der Waals surface area contributed by atoms with Gasteiger partial charge in [0.15, 0.2) is 0 Å². The van der Waals surface area contributed by atoms with Gasteiger partial charge in [-0.25, -0.2) is 0 Å². The number of ether oxygens (including phenoxy) is 2. The lowest BCUT2D eigenvalue weighted by Crippen LogP contribution is -2.33. The molecule has 1 aliphatic heterocycles. The van der Waals surface area contributed by atoms with E-state index in [4.69, 9.17) is 9.47 Å². The van der Waals surface area contributed by atoms with Crippen LogP contribution in [0.4, 0.5) is 0 Å². The number of fused-ring (bicyclic) bond motifs is 1. The average molecular weight is 322 g/mol. The maximum atomic E-state index is 5.89. The molecule has 0 amide bonds. The minimum Gasteiger partial charge on any atom is -0.497 e. The number of benzene rings is 2. The largest absolute Gasteiger partial charge is 0.497 e. The molecule has 0 saturated carbocycles. The molecule has 0 aromatic heterocycles. The monoisotopic (exact) mass is 321 g/mol. The van der Waals surface area contributed by atoms with Gasteiger partial charge in [0.05, 0.1) is 19.8 Å². The van der Waals surface area contributed by atoms with Gasteiger partial charge < -0.3 is 14.8 Å². The highest BCUT2D eigenvalue weighted by molar-refractivity contribution is 9.10. The lowest BCUT2D eigenvalue weighted by Gasteiger charge is -2.26. The van der Waals surface area contributed by atoms with E-state index < -0.39 is 0 Å². The van der Waals surface area contributed by atoms with Crippen molar-refractivity contribution in [1.29, 1.82) is 0 Å². The van der Waals surface area contributed by atoms with Crippen molar-refractivity contribution in [2.24, 2.45) is 0 Å². The zero-order valence-corrected chi connectivity index (χ0v) is 12.4. The van der Waals surface area contributed by atoms with Crippen LogP contribution in [-0.4, -0.2) is 26.8 Å². The summed E-state index contributed by atoms with van der Waals surface area (Å²) in [5, 5.41) is 5.76. The van der Waals surface area contributed by atoms with E-state index in [1.807, 2.05) is 6.07 Å². The van der Waals surface area contributed by atoms with Crippen LogP contribution < -0.4 is 10.1 Å². The van der Waals surface area contributed by atoms with Crippen molar-refractivity contribution in [3.63, 3.8) is 0 Å². The maximum absolute atomic E-state index is 5.89. The van der Waals surface area contributed by atoms with Gasteiger partial charge in [0.25, 0.3) is 0 Å². The summed E-state index contributed by atoms with van der Waals surface area (Å²) in [6, 6.07) is 10.3. The Morgan fingerprint density at radius 3 is 2.95 bits per heavy atom. The van der Waals surface area contributed by atoms with E-state index in [1.165, 1.54) is 16.3 Å². The third-order valence-electron chi connectivity index (χ3n) is 3.47. The molecule has 19 heavy (non-hydrogen) atoms.